The molecule has 1 fully saturated rings. The van der Waals surface area contributed by atoms with Gasteiger partial charge in [0.2, 0.25) is 6.67 Å². The first-order valence-corrected chi connectivity index (χ1v) is 4.94. The smallest absolute Gasteiger partial charge is 0.207 e. The van der Waals surface area contributed by atoms with Gasteiger partial charge in [0.05, 0.1) is 6.54 Å². The van der Waals surface area contributed by atoms with Gasteiger partial charge in [-0.3, -0.25) is 0 Å². The Balaban J connectivity index is 2.82. The third-order valence-corrected chi connectivity index (χ3v) is 3.07. The van der Waals surface area contributed by atoms with E-state index in [2.05, 4.69) is 21.7 Å². The molecule has 0 unspecified atom stereocenters. The summed E-state index contributed by atoms with van der Waals surface area (Å²) in [5.41, 5.74) is 3.62. The molecule has 0 aromatic carbocycles. The number of nitrogens with zero attached hydrogens (tertiary/aromatic N) is 4. The molecule has 15 heavy (non-hydrogen) atoms. The average molecular weight is 285 g/mol. The molecule has 1 rings (SSSR count). The van der Waals surface area contributed by atoms with Crippen LogP contribution in [0.3, 0.4) is 0 Å². The molecule has 0 saturated carbocycles. The topological polar surface area (TPSA) is 120 Å². The molecule has 1 aliphatic rings. The maximum Gasteiger partial charge on any atom is 0.207 e. The molecule has 10 heteroatoms. The molecule has 9 nitrogen and oxygen atoms in total. The minimum Gasteiger partial charge on any atom is -0.356 e. The van der Waals surface area contributed by atoms with E-state index in [9.17, 15) is 20.2 Å². The lowest BCUT2D eigenvalue weighted by atomic mass is 10.1. The Morgan fingerprint density at radius 3 is 1.93 bits per heavy atom. The van der Waals surface area contributed by atoms with Crippen molar-refractivity contribution in [3.8, 4) is 0 Å². The summed E-state index contributed by atoms with van der Waals surface area (Å²) in [5, 5.41) is 21.5. The van der Waals surface area contributed by atoms with Crippen LogP contribution < -0.4 is 5.73 Å². The molecule has 0 amide bonds. The number of halogens is 1. The third-order valence-electron chi connectivity index (χ3n) is 2.17. The van der Waals surface area contributed by atoms with Gasteiger partial charge >= 0.3 is 0 Å². The van der Waals surface area contributed by atoms with Crippen LogP contribution in [-0.4, -0.2) is 50.7 Å². The Kier molecular flexibility index (Phi) is 3.29. The Bertz CT molecular complexity index is 265. The molecule has 3 N–H and O–H groups in total. The summed E-state index contributed by atoms with van der Waals surface area (Å²) in [6.07, 6.45) is 0. The summed E-state index contributed by atoms with van der Waals surface area (Å²) in [6.45, 7) is 0.233. The van der Waals surface area contributed by atoms with Crippen molar-refractivity contribution in [2.75, 3.05) is 26.3 Å². The minimum atomic E-state index is -0.703. The van der Waals surface area contributed by atoms with Crippen LogP contribution in [-0.2, 0) is 0 Å². The molecular weight excluding hydrogens is 274 g/mol. The maximum atomic E-state index is 10.6. The predicted molar refractivity (Wildman–Crippen MR) is 51.7 cm³/mol. The van der Waals surface area contributed by atoms with E-state index >= 15 is 0 Å². The number of rotatable bonds is 3. The lowest BCUT2D eigenvalue weighted by Crippen LogP contribution is -2.69. The van der Waals surface area contributed by atoms with Gasteiger partial charge in [-0.1, -0.05) is 15.9 Å². The highest BCUT2D eigenvalue weighted by atomic mass is 79.9. The predicted octanol–water partition coefficient (Wildman–Crippen LogP) is -1.68. The number of hydrazine groups is 2. The Hall–Kier alpha value is -1.16. The van der Waals surface area contributed by atoms with Gasteiger partial charge in [0.25, 0.3) is 0 Å². The van der Waals surface area contributed by atoms with Crippen molar-refractivity contribution in [1.82, 2.24) is 10.0 Å². The minimum absolute atomic E-state index is 0.105. The van der Waals surface area contributed by atoms with Gasteiger partial charge in [0.1, 0.15) is 17.4 Å². The van der Waals surface area contributed by atoms with Gasteiger partial charge in [0, 0.05) is 0 Å². The van der Waals surface area contributed by atoms with Crippen molar-refractivity contribution in [2.24, 2.45) is 0 Å². The molecule has 0 atom stereocenters. The van der Waals surface area contributed by atoms with Crippen molar-refractivity contribution in [3.63, 3.8) is 0 Å². The number of alkyl halides is 1. The van der Waals surface area contributed by atoms with Crippen molar-refractivity contribution < 1.29 is 15.8 Å². The lowest BCUT2D eigenvalue weighted by Gasteiger charge is -2.34. The normalized spacial score (nSPS) is 20.1. The first-order chi connectivity index (χ1) is 6.88. The quantitative estimate of drug-likeness (QED) is 0.375. The lowest BCUT2D eigenvalue weighted by molar-refractivity contribution is -0.721. The zero-order valence-corrected chi connectivity index (χ0v) is 9.42. The molecule has 0 aromatic rings. The van der Waals surface area contributed by atoms with E-state index in [1.54, 1.807) is 0 Å². The van der Waals surface area contributed by atoms with Crippen LogP contribution in [0.15, 0.2) is 0 Å². The summed E-state index contributed by atoms with van der Waals surface area (Å²) in [7, 11) is 0. The van der Waals surface area contributed by atoms with Gasteiger partial charge in [-0.15, -0.1) is 10.0 Å². The van der Waals surface area contributed by atoms with Gasteiger partial charge in [-0.05, 0) is 0 Å². The monoisotopic (exact) mass is 284 g/mol. The van der Waals surface area contributed by atoms with Crippen molar-refractivity contribution in [2.45, 2.75) is 4.32 Å². The highest BCUT2D eigenvalue weighted by molar-refractivity contribution is 9.10. The van der Waals surface area contributed by atoms with E-state index in [4.69, 9.17) is 0 Å². The van der Waals surface area contributed by atoms with E-state index in [0.29, 0.717) is 6.54 Å². The molecule has 0 spiro atoms. The molecule has 0 radical (unpaired) electrons. The molecule has 0 aliphatic carbocycles. The van der Waals surface area contributed by atoms with Crippen molar-refractivity contribution in [3.05, 3.63) is 20.2 Å². The van der Waals surface area contributed by atoms with Gasteiger partial charge in [0.15, 0.2) is 10.1 Å². The van der Waals surface area contributed by atoms with E-state index in [-0.39, 0.29) is 19.8 Å². The van der Waals surface area contributed by atoms with Crippen molar-refractivity contribution >= 4 is 15.9 Å². The molecule has 86 valence electrons. The fourth-order valence-electron chi connectivity index (χ4n) is 1.37. The Morgan fingerprint density at radius 2 is 1.67 bits per heavy atom. The Labute approximate surface area is 93.2 Å². The number of hydrogen-bond acceptors (Lipinski definition) is 4. The zero-order valence-electron chi connectivity index (χ0n) is 7.84. The largest absolute Gasteiger partial charge is 0.356 e. The second-order valence-electron chi connectivity index (χ2n) is 3.35. The van der Waals surface area contributed by atoms with E-state index in [1.165, 1.54) is 0 Å². The Morgan fingerprint density at radius 1 is 1.27 bits per heavy atom. The second kappa shape index (κ2) is 4.14. The average Bonchev–Trinajstić information content (AvgIpc) is 2.17. The van der Waals surface area contributed by atoms with Gasteiger partial charge in [-0.25, -0.2) is 20.2 Å². The summed E-state index contributed by atoms with van der Waals surface area (Å²) in [4.78, 5) is 21.1. The number of nitro groups is 2. The standard InChI is InChI=1S/C5H10BrN5O4/c6-5(1-7)2-8(10(12)13)4-9(3-5)11(14)15/h1-4,7H2/p+1. The van der Waals surface area contributed by atoms with Crippen molar-refractivity contribution in [1.29, 1.82) is 0 Å². The summed E-state index contributed by atoms with van der Waals surface area (Å²) >= 11 is 3.26. The third kappa shape index (κ3) is 2.65. The molecule has 0 bridgehead atoms. The first kappa shape index (κ1) is 11.9. The summed E-state index contributed by atoms with van der Waals surface area (Å²) in [6, 6.07) is 0. The van der Waals surface area contributed by atoms with E-state index in [1.807, 2.05) is 0 Å². The fourth-order valence-corrected chi connectivity index (χ4v) is 1.95. The van der Waals surface area contributed by atoms with Crippen LogP contribution in [0, 0.1) is 20.2 Å². The van der Waals surface area contributed by atoms with Crippen LogP contribution in [0.1, 0.15) is 0 Å². The van der Waals surface area contributed by atoms with Crippen LogP contribution in [0.2, 0.25) is 0 Å². The first-order valence-electron chi connectivity index (χ1n) is 4.14. The van der Waals surface area contributed by atoms with E-state index < -0.39 is 14.4 Å². The molecule has 1 saturated heterocycles. The summed E-state index contributed by atoms with van der Waals surface area (Å²) < 4.78 is -0.703. The SMILES string of the molecule is [NH3+]CC1(Br)CN([N+](=O)[O-])CN([N+](=O)[O-])C1. The molecule has 0 aromatic heterocycles. The van der Waals surface area contributed by atoms with Gasteiger partial charge in [-0.2, -0.15) is 0 Å². The number of quaternary nitrogens is 1. The maximum absolute atomic E-state index is 10.6. The van der Waals surface area contributed by atoms with Gasteiger partial charge < -0.3 is 5.73 Å². The highest BCUT2D eigenvalue weighted by Crippen LogP contribution is 2.24. The molecule has 1 aliphatic heterocycles. The van der Waals surface area contributed by atoms with Crippen LogP contribution in [0.4, 0.5) is 0 Å². The van der Waals surface area contributed by atoms with Crippen LogP contribution in [0.5, 0.6) is 0 Å². The highest BCUT2D eigenvalue weighted by Gasteiger charge is 2.45. The number of hydrogen-bond donors (Lipinski definition) is 1. The zero-order chi connectivity index (χ0) is 11.6. The molecule has 1 heterocycles. The summed E-state index contributed by atoms with van der Waals surface area (Å²) in [5.74, 6) is 0. The second-order valence-corrected chi connectivity index (χ2v) is 5.03. The van der Waals surface area contributed by atoms with E-state index in [0.717, 1.165) is 10.0 Å². The van der Waals surface area contributed by atoms with Crippen LogP contribution >= 0.6 is 15.9 Å². The molecular formula is C5H11BrN5O4+. The van der Waals surface area contributed by atoms with Crippen LogP contribution in [0.25, 0.3) is 0 Å². The fraction of sp³-hybridized carbons (Fsp3) is 1.00.